The highest BCUT2D eigenvalue weighted by molar-refractivity contribution is 5.87. The molecule has 0 spiro atoms. The molecule has 2 heterocycles. The quantitative estimate of drug-likeness (QED) is 0.659. The van der Waals surface area contributed by atoms with Gasteiger partial charge in [0.05, 0.1) is 12.0 Å². The fraction of sp³-hybridized carbons (Fsp3) is 0.458. The molecule has 0 saturated carbocycles. The van der Waals surface area contributed by atoms with Crippen molar-refractivity contribution in [3.05, 3.63) is 65.0 Å². The van der Waals surface area contributed by atoms with Gasteiger partial charge in [-0.05, 0) is 38.0 Å². The summed E-state index contributed by atoms with van der Waals surface area (Å²) in [6, 6.07) is 6.60. The number of hydrogen-bond donors (Lipinski definition) is 2. The smallest absolute Gasteiger partial charge is 0.410 e. The van der Waals surface area contributed by atoms with E-state index in [0.717, 1.165) is 6.20 Å². The average molecular weight is 480 g/mol. The summed E-state index contributed by atoms with van der Waals surface area (Å²) in [6.07, 6.45) is -3.62. The van der Waals surface area contributed by atoms with Gasteiger partial charge in [-0.3, -0.25) is 4.98 Å². The van der Waals surface area contributed by atoms with E-state index < -0.39 is 41.3 Å². The summed E-state index contributed by atoms with van der Waals surface area (Å²) in [5.74, 6) is -1.24. The van der Waals surface area contributed by atoms with E-state index in [-0.39, 0.29) is 35.3 Å². The van der Waals surface area contributed by atoms with Crippen molar-refractivity contribution >= 4 is 12.1 Å². The number of ether oxygens (including phenoxy) is 1. The molecular formula is C24H27F3N2O5. The average Bonchev–Trinajstić information content (AvgIpc) is 2.69. The molecule has 1 aromatic carbocycles. The van der Waals surface area contributed by atoms with Gasteiger partial charge in [0.25, 0.3) is 0 Å². The number of benzene rings is 1. The number of aliphatic hydroxyl groups is 1. The molecule has 2 N–H and O–H groups in total. The van der Waals surface area contributed by atoms with Crippen molar-refractivity contribution in [2.45, 2.75) is 51.5 Å². The Labute approximate surface area is 195 Å². The van der Waals surface area contributed by atoms with Gasteiger partial charge in [-0.25, -0.2) is 9.59 Å². The third-order valence-electron chi connectivity index (χ3n) is 5.78. The summed E-state index contributed by atoms with van der Waals surface area (Å²) >= 11 is 0. The van der Waals surface area contributed by atoms with Gasteiger partial charge in [-0.1, -0.05) is 31.2 Å². The minimum absolute atomic E-state index is 0.0187. The number of aromatic carboxylic acids is 1. The number of rotatable bonds is 5. The number of aromatic nitrogens is 1. The minimum Gasteiger partial charge on any atom is -0.478 e. The number of carbonyl (C=O) groups is 2. The molecule has 1 fully saturated rings. The Morgan fingerprint density at radius 2 is 1.68 bits per heavy atom. The van der Waals surface area contributed by atoms with Crippen LogP contribution < -0.4 is 0 Å². The van der Waals surface area contributed by atoms with Crippen molar-refractivity contribution in [2.24, 2.45) is 5.41 Å². The third-order valence-corrected chi connectivity index (χ3v) is 5.78. The maximum atomic E-state index is 12.8. The fourth-order valence-electron chi connectivity index (χ4n) is 4.19. The lowest BCUT2D eigenvalue weighted by Crippen LogP contribution is -2.66. The van der Waals surface area contributed by atoms with Crippen LogP contribution in [0.25, 0.3) is 0 Å². The second-order valence-corrected chi connectivity index (χ2v) is 9.86. The molecule has 0 bridgehead atoms. The van der Waals surface area contributed by atoms with Gasteiger partial charge in [0.15, 0.2) is 0 Å². The van der Waals surface area contributed by atoms with Crippen LogP contribution in [0.5, 0.6) is 0 Å². The van der Waals surface area contributed by atoms with E-state index in [9.17, 15) is 33.0 Å². The molecule has 0 unspecified atom stereocenters. The van der Waals surface area contributed by atoms with Crippen molar-refractivity contribution in [3.8, 4) is 0 Å². The Morgan fingerprint density at radius 1 is 1.09 bits per heavy atom. The highest BCUT2D eigenvalue weighted by atomic mass is 19.4. The molecule has 1 aliphatic heterocycles. The minimum atomic E-state index is -4.38. The zero-order valence-corrected chi connectivity index (χ0v) is 19.3. The Morgan fingerprint density at radius 3 is 2.18 bits per heavy atom. The maximum absolute atomic E-state index is 12.8. The van der Waals surface area contributed by atoms with Crippen LogP contribution in [0.1, 0.15) is 54.7 Å². The second kappa shape index (κ2) is 8.57. The molecule has 0 radical (unpaired) electrons. The normalized spacial score (nSPS) is 17.5. The summed E-state index contributed by atoms with van der Waals surface area (Å²) in [6.45, 7) is 7.04. The van der Waals surface area contributed by atoms with Gasteiger partial charge in [0, 0.05) is 36.5 Å². The molecule has 10 heteroatoms. The van der Waals surface area contributed by atoms with Gasteiger partial charge in [0.2, 0.25) is 0 Å². The summed E-state index contributed by atoms with van der Waals surface area (Å²) in [5, 5.41) is 21.5. The number of carboxylic acids is 1. The van der Waals surface area contributed by atoms with E-state index in [1.54, 1.807) is 27.7 Å². The first-order chi connectivity index (χ1) is 15.5. The molecule has 0 aliphatic carbocycles. The summed E-state index contributed by atoms with van der Waals surface area (Å²) in [5.41, 5.74) is -3.29. The zero-order chi connectivity index (χ0) is 25.5. The predicted molar refractivity (Wildman–Crippen MR) is 116 cm³/mol. The van der Waals surface area contributed by atoms with Crippen molar-refractivity contribution in [3.63, 3.8) is 0 Å². The van der Waals surface area contributed by atoms with Crippen LogP contribution >= 0.6 is 0 Å². The van der Waals surface area contributed by atoms with Crippen LogP contribution in [0.15, 0.2) is 42.7 Å². The van der Waals surface area contributed by atoms with E-state index in [4.69, 9.17) is 4.74 Å². The number of pyridine rings is 1. The lowest BCUT2D eigenvalue weighted by atomic mass is 9.62. The van der Waals surface area contributed by atoms with Crippen LogP contribution in [0.3, 0.4) is 0 Å². The Balaban J connectivity index is 2.01. The number of alkyl halides is 3. The third kappa shape index (κ3) is 5.16. The summed E-state index contributed by atoms with van der Waals surface area (Å²) in [7, 11) is 0. The molecular weight excluding hydrogens is 453 g/mol. The topological polar surface area (TPSA) is 100.0 Å². The van der Waals surface area contributed by atoms with Gasteiger partial charge < -0.3 is 19.8 Å². The van der Waals surface area contributed by atoms with E-state index in [0.29, 0.717) is 0 Å². The van der Waals surface area contributed by atoms with Crippen LogP contribution in [0, 0.1) is 5.41 Å². The number of amides is 1. The predicted octanol–water partition coefficient (Wildman–Crippen LogP) is 4.38. The Kier molecular flexibility index (Phi) is 6.43. The summed E-state index contributed by atoms with van der Waals surface area (Å²) in [4.78, 5) is 29.3. The molecule has 1 aliphatic rings. The number of carboxylic acid groups (broad SMARTS) is 1. The number of likely N-dealkylation sites (tertiary alicyclic amines) is 1. The first-order valence-electron chi connectivity index (χ1n) is 10.6. The van der Waals surface area contributed by atoms with Crippen LogP contribution in [-0.2, 0) is 16.8 Å². The molecule has 7 nitrogen and oxygen atoms in total. The number of carbonyl (C=O) groups excluding carboxylic acids is 1. The number of halogens is 3. The fourth-order valence-corrected chi connectivity index (χ4v) is 4.19. The first-order valence-corrected chi connectivity index (χ1v) is 10.6. The SMILES string of the molecule is CC(C)(C)OC(=O)N1CC(C)([C@](O)(c2ccc(CC(F)(F)F)cc2)c2cncc(C(=O)O)c2)C1. The number of nitrogens with zero attached hydrogens (tertiary/aromatic N) is 2. The largest absolute Gasteiger partial charge is 0.478 e. The van der Waals surface area contributed by atoms with Gasteiger partial charge in [0.1, 0.15) is 11.2 Å². The Hall–Kier alpha value is -3.14. The van der Waals surface area contributed by atoms with Gasteiger partial charge >= 0.3 is 18.2 Å². The molecule has 2 aromatic rings. The van der Waals surface area contributed by atoms with E-state index in [1.165, 1.54) is 41.4 Å². The molecule has 1 aromatic heterocycles. The lowest BCUT2D eigenvalue weighted by Gasteiger charge is -2.56. The van der Waals surface area contributed by atoms with Crippen LogP contribution in [0.4, 0.5) is 18.0 Å². The monoisotopic (exact) mass is 480 g/mol. The molecule has 1 amide bonds. The van der Waals surface area contributed by atoms with Gasteiger partial charge in [-0.15, -0.1) is 0 Å². The van der Waals surface area contributed by atoms with Crippen molar-refractivity contribution in [2.75, 3.05) is 13.1 Å². The second-order valence-electron chi connectivity index (χ2n) is 9.86. The summed E-state index contributed by atoms with van der Waals surface area (Å²) < 4.78 is 43.7. The molecule has 184 valence electrons. The van der Waals surface area contributed by atoms with E-state index in [1.807, 2.05) is 0 Å². The molecule has 3 rings (SSSR count). The Bertz CT molecular complexity index is 1070. The molecule has 1 atom stereocenters. The standard InChI is InChI=1S/C24H27F3N2O5/c1-21(2,3)34-20(32)29-13-22(4,14-29)24(33,18-9-16(19(30)31)11-28-12-18)17-7-5-15(6-8-17)10-23(25,26)27/h5-9,11-12,33H,10,13-14H2,1-4H3,(H,30,31)/t24-/m0/s1. The highest BCUT2D eigenvalue weighted by Gasteiger charge is 2.58. The van der Waals surface area contributed by atoms with Crippen LogP contribution in [0.2, 0.25) is 0 Å². The first kappa shape index (κ1) is 25.5. The van der Waals surface area contributed by atoms with Crippen molar-refractivity contribution in [1.82, 2.24) is 9.88 Å². The molecule has 34 heavy (non-hydrogen) atoms. The van der Waals surface area contributed by atoms with Gasteiger partial charge in [-0.2, -0.15) is 13.2 Å². The van der Waals surface area contributed by atoms with E-state index >= 15 is 0 Å². The van der Waals surface area contributed by atoms with Crippen molar-refractivity contribution in [1.29, 1.82) is 0 Å². The molecule has 1 saturated heterocycles. The number of hydrogen-bond acceptors (Lipinski definition) is 5. The highest BCUT2D eigenvalue weighted by Crippen LogP contribution is 2.51. The zero-order valence-electron chi connectivity index (χ0n) is 19.3. The lowest BCUT2D eigenvalue weighted by molar-refractivity contribution is -0.131. The van der Waals surface area contributed by atoms with Crippen LogP contribution in [-0.4, -0.2) is 57.0 Å². The van der Waals surface area contributed by atoms with Crippen molar-refractivity contribution < 1.29 is 37.7 Å². The maximum Gasteiger partial charge on any atom is 0.410 e. The van der Waals surface area contributed by atoms with E-state index in [2.05, 4.69) is 4.98 Å².